The van der Waals surface area contributed by atoms with Crippen molar-refractivity contribution < 1.29 is 8.42 Å². The van der Waals surface area contributed by atoms with Gasteiger partial charge in [0.25, 0.3) is 0 Å². The Balaban J connectivity index is 1.87. The highest BCUT2D eigenvalue weighted by Crippen LogP contribution is 2.32. The quantitative estimate of drug-likeness (QED) is 0.771. The molecule has 4 nitrogen and oxygen atoms in total. The van der Waals surface area contributed by atoms with Crippen LogP contribution in [0.5, 0.6) is 0 Å². The van der Waals surface area contributed by atoms with Crippen molar-refractivity contribution in [2.45, 2.75) is 25.3 Å². The molecule has 100 valence electrons. The Hall–Kier alpha value is -0.910. The smallest absolute Gasteiger partial charge is 0.212 e. The van der Waals surface area contributed by atoms with Gasteiger partial charge in [0.1, 0.15) is 0 Å². The van der Waals surface area contributed by atoms with E-state index >= 15 is 0 Å². The van der Waals surface area contributed by atoms with Gasteiger partial charge in [-0.1, -0.05) is 30.3 Å². The van der Waals surface area contributed by atoms with Gasteiger partial charge in [-0.15, -0.1) is 0 Å². The Kier molecular flexibility index (Phi) is 4.37. The Bertz CT molecular complexity index is 469. The summed E-state index contributed by atoms with van der Waals surface area (Å²) in [5.74, 6) is 0.571. The van der Waals surface area contributed by atoms with Crippen LogP contribution in [-0.4, -0.2) is 26.8 Å². The van der Waals surface area contributed by atoms with E-state index in [0.717, 1.165) is 18.4 Å². The Labute approximate surface area is 109 Å². The van der Waals surface area contributed by atoms with E-state index in [2.05, 4.69) is 4.72 Å². The minimum absolute atomic E-state index is 0.0780. The van der Waals surface area contributed by atoms with Crippen molar-refractivity contribution in [1.82, 2.24) is 4.72 Å². The van der Waals surface area contributed by atoms with Crippen LogP contribution in [0.4, 0.5) is 0 Å². The Morgan fingerprint density at radius 2 is 1.94 bits per heavy atom. The summed E-state index contributed by atoms with van der Waals surface area (Å²) in [6.07, 6.45) is 2.71. The summed E-state index contributed by atoms with van der Waals surface area (Å²) in [6.45, 7) is 0.384. The first-order chi connectivity index (χ1) is 8.61. The van der Waals surface area contributed by atoms with Gasteiger partial charge in [0, 0.05) is 12.6 Å². The van der Waals surface area contributed by atoms with Crippen LogP contribution in [0.25, 0.3) is 0 Å². The average Bonchev–Trinajstić information content (AvgIpc) is 3.19. The standard InChI is InChI=1S/C13H20N2O2S/c14-10-13(12-6-7-12)15-18(16,17)9-8-11-4-2-1-3-5-11/h1-5,12-13,15H,6-10,14H2. The van der Waals surface area contributed by atoms with Crippen molar-refractivity contribution in [3.8, 4) is 0 Å². The molecule has 0 aromatic heterocycles. The van der Waals surface area contributed by atoms with Crippen LogP contribution in [0.3, 0.4) is 0 Å². The zero-order chi connectivity index (χ0) is 13.0. The maximum absolute atomic E-state index is 11.9. The molecule has 0 radical (unpaired) electrons. The molecule has 1 aromatic rings. The van der Waals surface area contributed by atoms with E-state index in [9.17, 15) is 8.42 Å². The SMILES string of the molecule is NCC(NS(=O)(=O)CCc1ccccc1)C1CC1. The first-order valence-electron chi connectivity index (χ1n) is 6.35. The summed E-state index contributed by atoms with van der Waals surface area (Å²) in [5, 5.41) is 0. The molecule has 1 atom stereocenters. The summed E-state index contributed by atoms with van der Waals surface area (Å²) in [4.78, 5) is 0. The Morgan fingerprint density at radius 3 is 2.50 bits per heavy atom. The van der Waals surface area contributed by atoms with Crippen molar-refractivity contribution in [3.05, 3.63) is 35.9 Å². The summed E-state index contributed by atoms with van der Waals surface area (Å²) >= 11 is 0. The molecular weight excluding hydrogens is 248 g/mol. The average molecular weight is 268 g/mol. The topological polar surface area (TPSA) is 72.2 Å². The third kappa shape index (κ3) is 4.08. The van der Waals surface area contributed by atoms with Gasteiger partial charge in [-0.25, -0.2) is 13.1 Å². The summed E-state index contributed by atoms with van der Waals surface area (Å²) in [7, 11) is -3.23. The number of hydrogen-bond donors (Lipinski definition) is 2. The lowest BCUT2D eigenvalue weighted by molar-refractivity contribution is 0.519. The molecule has 2 rings (SSSR count). The minimum Gasteiger partial charge on any atom is -0.329 e. The molecule has 1 aromatic carbocycles. The van der Waals surface area contributed by atoms with Gasteiger partial charge in [0.2, 0.25) is 10.0 Å². The van der Waals surface area contributed by atoms with E-state index in [-0.39, 0.29) is 11.8 Å². The van der Waals surface area contributed by atoms with Gasteiger partial charge in [0.15, 0.2) is 0 Å². The summed E-state index contributed by atoms with van der Waals surface area (Å²) in [6, 6.07) is 9.57. The predicted molar refractivity (Wildman–Crippen MR) is 72.6 cm³/mol. The number of nitrogens with two attached hydrogens (primary N) is 1. The molecule has 0 spiro atoms. The Morgan fingerprint density at radius 1 is 1.28 bits per heavy atom. The highest BCUT2D eigenvalue weighted by atomic mass is 32.2. The molecule has 0 saturated heterocycles. The lowest BCUT2D eigenvalue weighted by Crippen LogP contribution is -2.42. The molecule has 1 aliphatic rings. The van der Waals surface area contributed by atoms with Crippen LogP contribution in [0.1, 0.15) is 18.4 Å². The lowest BCUT2D eigenvalue weighted by Gasteiger charge is -2.16. The molecule has 0 heterocycles. The third-order valence-electron chi connectivity index (χ3n) is 3.28. The molecule has 0 amide bonds. The van der Waals surface area contributed by atoms with Gasteiger partial charge in [-0.3, -0.25) is 0 Å². The van der Waals surface area contributed by atoms with Gasteiger partial charge >= 0.3 is 0 Å². The van der Waals surface area contributed by atoms with Gasteiger partial charge in [0.05, 0.1) is 5.75 Å². The molecule has 1 saturated carbocycles. The highest BCUT2D eigenvalue weighted by molar-refractivity contribution is 7.89. The second-order valence-electron chi connectivity index (χ2n) is 4.85. The van der Waals surface area contributed by atoms with Crippen molar-refractivity contribution in [2.24, 2.45) is 11.7 Å². The zero-order valence-electron chi connectivity index (χ0n) is 10.4. The number of aryl methyl sites for hydroxylation is 1. The molecule has 0 aliphatic heterocycles. The zero-order valence-corrected chi connectivity index (χ0v) is 11.2. The van der Waals surface area contributed by atoms with E-state index in [1.165, 1.54) is 0 Å². The van der Waals surface area contributed by atoms with Crippen LogP contribution < -0.4 is 10.5 Å². The fourth-order valence-corrected chi connectivity index (χ4v) is 3.39. The molecule has 0 bridgehead atoms. The fourth-order valence-electron chi connectivity index (χ4n) is 2.02. The third-order valence-corrected chi connectivity index (χ3v) is 4.68. The summed E-state index contributed by atoms with van der Waals surface area (Å²) in [5.41, 5.74) is 6.64. The summed E-state index contributed by atoms with van der Waals surface area (Å²) < 4.78 is 26.6. The second kappa shape index (κ2) is 5.82. The van der Waals surface area contributed by atoms with Crippen molar-refractivity contribution in [2.75, 3.05) is 12.3 Å². The van der Waals surface area contributed by atoms with E-state index < -0.39 is 10.0 Å². The molecule has 1 aliphatic carbocycles. The molecule has 3 N–H and O–H groups in total. The molecule has 18 heavy (non-hydrogen) atoms. The lowest BCUT2D eigenvalue weighted by atomic mass is 10.2. The second-order valence-corrected chi connectivity index (χ2v) is 6.73. The van der Waals surface area contributed by atoms with E-state index in [4.69, 9.17) is 5.73 Å². The first-order valence-corrected chi connectivity index (χ1v) is 8.00. The van der Waals surface area contributed by atoms with E-state index in [0.29, 0.717) is 18.9 Å². The van der Waals surface area contributed by atoms with Crippen LogP contribution in [0.15, 0.2) is 30.3 Å². The number of sulfonamides is 1. The van der Waals surface area contributed by atoms with Gasteiger partial charge in [-0.05, 0) is 30.7 Å². The maximum atomic E-state index is 11.9. The maximum Gasteiger partial charge on any atom is 0.212 e. The van der Waals surface area contributed by atoms with Crippen LogP contribution in [0, 0.1) is 5.92 Å². The number of nitrogens with one attached hydrogen (secondary N) is 1. The molecule has 5 heteroatoms. The van der Waals surface area contributed by atoms with Crippen LogP contribution >= 0.6 is 0 Å². The van der Waals surface area contributed by atoms with Gasteiger partial charge in [-0.2, -0.15) is 0 Å². The van der Waals surface area contributed by atoms with Gasteiger partial charge < -0.3 is 5.73 Å². The van der Waals surface area contributed by atoms with Crippen molar-refractivity contribution in [1.29, 1.82) is 0 Å². The largest absolute Gasteiger partial charge is 0.329 e. The van der Waals surface area contributed by atoms with E-state index in [1.54, 1.807) is 0 Å². The minimum atomic E-state index is -3.23. The molecule has 1 fully saturated rings. The van der Waals surface area contributed by atoms with Crippen LogP contribution in [-0.2, 0) is 16.4 Å². The number of benzene rings is 1. The van der Waals surface area contributed by atoms with Crippen molar-refractivity contribution >= 4 is 10.0 Å². The van der Waals surface area contributed by atoms with E-state index in [1.807, 2.05) is 30.3 Å². The predicted octanol–water partition coefficient (Wildman–Crippen LogP) is 0.886. The monoisotopic (exact) mass is 268 g/mol. The normalized spacial score (nSPS) is 17.6. The highest BCUT2D eigenvalue weighted by Gasteiger charge is 2.32. The number of rotatable bonds is 7. The molecule has 1 unspecified atom stereocenters. The molecular formula is C13H20N2O2S. The van der Waals surface area contributed by atoms with Crippen molar-refractivity contribution in [3.63, 3.8) is 0 Å². The fraction of sp³-hybridized carbons (Fsp3) is 0.538. The first kappa shape index (κ1) is 13.5. The van der Waals surface area contributed by atoms with Crippen LogP contribution in [0.2, 0.25) is 0 Å². The number of hydrogen-bond acceptors (Lipinski definition) is 3.